The number of amides is 1. The molecule has 2 aliphatic rings. The second-order valence-corrected chi connectivity index (χ2v) is 7.93. The van der Waals surface area contributed by atoms with E-state index >= 15 is 0 Å². The number of rotatable bonds is 9. The highest BCUT2D eigenvalue weighted by Crippen LogP contribution is 2.38. The van der Waals surface area contributed by atoms with Gasteiger partial charge in [-0.15, -0.1) is 11.8 Å². The van der Waals surface area contributed by atoms with Crippen LogP contribution in [0.2, 0.25) is 5.02 Å². The molecule has 0 spiro atoms. The number of ether oxygens (including phenoxy) is 2. The van der Waals surface area contributed by atoms with Crippen molar-refractivity contribution in [3.63, 3.8) is 0 Å². The largest absolute Gasteiger partial charge is 0.484 e. The molecule has 154 valence electrons. The molecule has 0 saturated heterocycles. The van der Waals surface area contributed by atoms with Crippen molar-refractivity contribution >= 4 is 17.5 Å². The minimum atomic E-state index is -0.495. The van der Waals surface area contributed by atoms with E-state index in [1.54, 1.807) is 24.3 Å². The van der Waals surface area contributed by atoms with Crippen molar-refractivity contribution in [2.24, 2.45) is 11.7 Å². The molecular formula is C22H31ClN2O3. The summed E-state index contributed by atoms with van der Waals surface area (Å²) in [6.07, 6.45) is 5.77. The van der Waals surface area contributed by atoms with Gasteiger partial charge in [-0.3, -0.25) is 4.79 Å². The molecule has 0 aliphatic heterocycles. The molecule has 5 nitrogen and oxygen atoms in total. The van der Waals surface area contributed by atoms with Gasteiger partial charge in [0.2, 0.25) is 0 Å². The first kappa shape index (κ1) is 22.5. The molecule has 1 aromatic rings. The van der Waals surface area contributed by atoms with Crippen molar-refractivity contribution in [2.75, 3.05) is 19.8 Å². The quantitative estimate of drug-likeness (QED) is 0.486. The van der Waals surface area contributed by atoms with Gasteiger partial charge < -0.3 is 20.5 Å². The van der Waals surface area contributed by atoms with E-state index in [4.69, 9.17) is 26.8 Å². The molecule has 1 aromatic carbocycles. The first-order valence-corrected chi connectivity index (χ1v) is 10.3. The average molecular weight is 407 g/mol. The lowest BCUT2D eigenvalue weighted by atomic mass is 9.88. The summed E-state index contributed by atoms with van der Waals surface area (Å²) in [5.74, 6) is 7.25. The van der Waals surface area contributed by atoms with E-state index in [2.05, 4.69) is 31.0 Å². The molecule has 1 saturated carbocycles. The number of hydrogen-bond donors (Lipinski definition) is 2. The zero-order chi connectivity index (χ0) is 20.4. The molecule has 2 aliphatic carbocycles. The Morgan fingerprint density at radius 1 is 1.29 bits per heavy atom. The van der Waals surface area contributed by atoms with Crippen LogP contribution in [0.15, 0.2) is 24.3 Å². The number of nitrogens with two attached hydrogens (primary N) is 1. The monoisotopic (exact) mass is 406 g/mol. The highest BCUT2D eigenvalue weighted by atomic mass is 35.5. The molecule has 1 fully saturated rings. The standard InChI is InChI=1S/C14H23NO.C8H8ClNO2/c1-3-12-6-4-5-7-13(12)15-10-11-16-14(2)8-9-14;9-6-1-3-7(4-2-6)12-5-8(10)11/h12-13,15H,3,6-11H2,1-2H3;1-4H,5H2,(H2,10,11). The summed E-state index contributed by atoms with van der Waals surface area (Å²) in [5.41, 5.74) is 5.10. The molecule has 0 radical (unpaired) electrons. The summed E-state index contributed by atoms with van der Waals surface area (Å²) >= 11 is 5.63. The van der Waals surface area contributed by atoms with Crippen LogP contribution in [0.25, 0.3) is 0 Å². The Bertz CT molecular complexity index is 677. The van der Waals surface area contributed by atoms with Crippen molar-refractivity contribution in [1.82, 2.24) is 5.32 Å². The van der Waals surface area contributed by atoms with Gasteiger partial charge in [-0.2, -0.15) is 0 Å². The van der Waals surface area contributed by atoms with Crippen LogP contribution in [0.1, 0.15) is 46.0 Å². The third-order valence-electron chi connectivity index (χ3n) is 5.01. The number of nitrogens with one attached hydrogen (secondary N) is 1. The predicted molar refractivity (Wildman–Crippen MR) is 112 cm³/mol. The Balaban J connectivity index is 0.000000209. The van der Waals surface area contributed by atoms with Gasteiger partial charge in [0.15, 0.2) is 6.61 Å². The number of benzene rings is 1. The van der Waals surface area contributed by atoms with Crippen LogP contribution in [0, 0.1) is 17.8 Å². The van der Waals surface area contributed by atoms with E-state index in [0.717, 1.165) is 31.9 Å². The minimum Gasteiger partial charge on any atom is -0.484 e. The fourth-order valence-corrected chi connectivity index (χ4v) is 3.04. The smallest absolute Gasteiger partial charge is 0.255 e. The summed E-state index contributed by atoms with van der Waals surface area (Å²) in [4.78, 5) is 10.3. The van der Waals surface area contributed by atoms with Gasteiger partial charge in [0.25, 0.3) is 5.91 Å². The highest BCUT2D eigenvalue weighted by molar-refractivity contribution is 6.30. The van der Waals surface area contributed by atoms with E-state index in [-0.39, 0.29) is 12.2 Å². The van der Waals surface area contributed by atoms with Crippen molar-refractivity contribution < 1.29 is 14.3 Å². The van der Waals surface area contributed by atoms with Crippen molar-refractivity contribution in [3.05, 3.63) is 29.3 Å². The zero-order valence-electron chi connectivity index (χ0n) is 16.8. The van der Waals surface area contributed by atoms with E-state index in [1.165, 1.54) is 19.3 Å². The van der Waals surface area contributed by atoms with Gasteiger partial charge in [0.1, 0.15) is 5.75 Å². The number of carbonyl (C=O) groups excluding carboxylic acids is 1. The fourth-order valence-electron chi connectivity index (χ4n) is 2.91. The SMILES string of the molecule is CCC1CC#CCC1NCCOC1(C)CC1.NC(=O)COc1ccc(Cl)cc1. The van der Waals surface area contributed by atoms with E-state index in [0.29, 0.717) is 16.8 Å². The van der Waals surface area contributed by atoms with Gasteiger partial charge >= 0.3 is 0 Å². The average Bonchev–Trinajstić information content (AvgIpc) is 3.43. The van der Waals surface area contributed by atoms with Crippen LogP contribution < -0.4 is 15.8 Å². The maximum Gasteiger partial charge on any atom is 0.255 e. The Labute approximate surface area is 173 Å². The van der Waals surface area contributed by atoms with Crippen LogP contribution in [-0.4, -0.2) is 37.3 Å². The van der Waals surface area contributed by atoms with Gasteiger partial charge in [0, 0.05) is 30.5 Å². The zero-order valence-corrected chi connectivity index (χ0v) is 17.6. The topological polar surface area (TPSA) is 73.6 Å². The third kappa shape index (κ3) is 8.52. The fraction of sp³-hybridized carbons (Fsp3) is 0.591. The number of halogens is 1. The number of primary amides is 1. The predicted octanol–water partition coefficient (Wildman–Crippen LogP) is 3.54. The van der Waals surface area contributed by atoms with E-state index in [1.807, 2.05) is 0 Å². The molecule has 3 rings (SSSR count). The lowest BCUT2D eigenvalue weighted by Gasteiger charge is -2.26. The third-order valence-corrected chi connectivity index (χ3v) is 5.26. The van der Waals surface area contributed by atoms with Gasteiger partial charge in [0.05, 0.1) is 12.2 Å². The maximum absolute atomic E-state index is 10.3. The number of hydrogen-bond acceptors (Lipinski definition) is 4. The van der Waals surface area contributed by atoms with Crippen LogP contribution in [0.5, 0.6) is 5.75 Å². The molecule has 0 aromatic heterocycles. The summed E-state index contributed by atoms with van der Waals surface area (Å²) in [5, 5.41) is 4.22. The van der Waals surface area contributed by atoms with Crippen LogP contribution in [-0.2, 0) is 9.53 Å². The molecule has 2 atom stereocenters. The second-order valence-electron chi connectivity index (χ2n) is 7.50. The van der Waals surface area contributed by atoms with Gasteiger partial charge in [-0.1, -0.05) is 24.9 Å². The molecular weight excluding hydrogens is 376 g/mol. The summed E-state index contributed by atoms with van der Waals surface area (Å²) in [6, 6.07) is 7.29. The van der Waals surface area contributed by atoms with Crippen LogP contribution in [0.4, 0.5) is 0 Å². The van der Waals surface area contributed by atoms with Crippen molar-refractivity contribution in [3.8, 4) is 17.6 Å². The summed E-state index contributed by atoms with van der Waals surface area (Å²) < 4.78 is 10.8. The van der Waals surface area contributed by atoms with Crippen molar-refractivity contribution in [2.45, 2.75) is 57.6 Å². The lowest BCUT2D eigenvalue weighted by molar-refractivity contribution is -0.119. The Morgan fingerprint density at radius 3 is 2.57 bits per heavy atom. The van der Waals surface area contributed by atoms with Crippen molar-refractivity contribution in [1.29, 1.82) is 0 Å². The Hall–Kier alpha value is -1.74. The van der Waals surface area contributed by atoms with Crippen LogP contribution >= 0.6 is 11.6 Å². The maximum atomic E-state index is 10.3. The first-order chi connectivity index (χ1) is 13.4. The minimum absolute atomic E-state index is 0.109. The molecule has 1 amide bonds. The first-order valence-electron chi connectivity index (χ1n) is 9.91. The van der Waals surface area contributed by atoms with Crippen LogP contribution in [0.3, 0.4) is 0 Å². The summed E-state index contributed by atoms with van der Waals surface area (Å²) in [6.45, 7) is 6.17. The van der Waals surface area contributed by atoms with Gasteiger partial charge in [-0.25, -0.2) is 0 Å². The second kappa shape index (κ2) is 11.3. The molecule has 28 heavy (non-hydrogen) atoms. The molecule has 2 unspecified atom stereocenters. The lowest BCUT2D eigenvalue weighted by Crippen LogP contribution is -2.39. The molecule has 3 N–H and O–H groups in total. The Morgan fingerprint density at radius 2 is 1.96 bits per heavy atom. The molecule has 6 heteroatoms. The van der Waals surface area contributed by atoms with E-state index in [9.17, 15) is 4.79 Å². The van der Waals surface area contributed by atoms with E-state index < -0.39 is 5.91 Å². The molecule has 0 heterocycles. The summed E-state index contributed by atoms with van der Waals surface area (Å²) in [7, 11) is 0. The van der Waals surface area contributed by atoms with Gasteiger partial charge in [-0.05, 0) is 49.9 Å². The normalized spacial score (nSPS) is 21.5. The number of carbonyl (C=O) groups is 1. The molecule has 0 bridgehead atoms. The highest BCUT2D eigenvalue weighted by Gasteiger charge is 2.38. The Kier molecular flexibility index (Phi) is 9.11.